The first kappa shape index (κ1) is 22.7. The Kier molecular flexibility index (Phi) is 8.43. The second-order valence-corrected chi connectivity index (χ2v) is 7.64. The largest absolute Gasteiger partial charge is 0.465 e. The summed E-state index contributed by atoms with van der Waals surface area (Å²) in [5.74, 6) is -0.439. The van der Waals surface area contributed by atoms with E-state index < -0.39 is 11.9 Å². The summed E-state index contributed by atoms with van der Waals surface area (Å²) in [4.78, 5) is 37.8. The molecule has 158 valence electrons. The number of amides is 3. The summed E-state index contributed by atoms with van der Waals surface area (Å²) in [6.07, 6.45) is 5.90. The van der Waals surface area contributed by atoms with Crippen molar-refractivity contribution in [3.8, 4) is 0 Å². The number of unbranched alkanes of at least 4 members (excludes halogenated alkanes) is 1. The summed E-state index contributed by atoms with van der Waals surface area (Å²) >= 11 is 0. The molecule has 1 heterocycles. The fourth-order valence-corrected chi connectivity index (χ4v) is 3.18. The van der Waals surface area contributed by atoms with Crippen LogP contribution in [0.25, 0.3) is 6.08 Å². The Morgan fingerprint density at radius 2 is 1.97 bits per heavy atom. The lowest BCUT2D eigenvalue weighted by molar-refractivity contribution is -0.145. The van der Waals surface area contributed by atoms with Gasteiger partial charge in [0, 0.05) is 6.54 Å². The SMILES string of the molecule is CCCCC(CC)COC(=O)CCN1C(=O)NC(=Cc2ccc(C)c(C)c2)C1=O. The van der Waals surface area contributed by atoms with Crippen molar-refractivity contribution in [1.29, 1.82) is 0 Å². The third kappa shape index (κ3) is 6.44. The lowest BCUT2D eigenvalue weighted by atomic mass is 10.0. The van der Waals surface area contributed by atoms with E-state index >= 15 is 0 Å². The molecule has 1 aromatic carbocycles. The zero-order valence-corrected chi connectivity index (χ0v) is 17.9. The molecule has 0 spiro atoms. The minimum absolute atomic E-state index is 0.000290. The van der Waals surface area contributed by atoms with E-state index in [2.05, 4.69) is 19.2 Å². The van der Waals surface area contributed by atoms with E-state index in [0.29, 0.717) is 12.5 Å². The van der Waals surface area contributed by atoms with Crippen LogP contribution in [0.3, 0.4) is 0 Å². The zero-order valence-electron chi connectivity index (χ0n) is 17.9. The van der Waals surface area contributed by atoms with E-state index in [1.165, 1.54) is 0 Å². The highest BCUT2D eigenvalue weighted by Gasteiger charge is 2.33. The molecule has 1 atom stereocenters. The Bertz CT molecular complexity index is 785. The number of nitrogens with zero attached hydrogens (tertiary/aromatic N) is 1. The molecule has 1 fully saturated rings. The molecule has 1 aromatic rings. The number of benzene rings is 1. The van der Waals surface area contributed by atoms with E-state index in [4.69, 9.17) is 4.74 Å². The molecule has 1 saturated heterocycles. The van der Waals surface area contributed by atoms with Crippen LogP contribution in [0.5, 0.6) is 0 Å². The van der Waals surface area contributed by atoms with Crippen molar-refractivity contribution in [1.82, 2.24) is 10.2 Å². The van der Waals surface area contributed by atoms with Crippen LogP contribution in [-0.2, 0) is 14.3 Å². The molecule has 6 nitrogen and oxygen atoms in total. The van der Waals surface area contributed by atoms with Gasteiger partial charge in [-0.2, -0.15) is 0 Å². The summed E-state index contributed by atoms with van der Waals surface area (Å²) in [6, 6.07) is 5.33. The van der Waals surface area contributed by atoms with Crippen LogP contribution in [0.15, 0.2) is 23.9 Å². The Morgan fingerprint density at radius 3 is 2.62 bits per heavy atom. The minimum atomic E-state index is -0.507. The average Bonchev–Trinajstić information content (AvgIpc) is 2.96. The number of nitrogens with one attached hydrogen (secondary N) is 1. The van der Waals surface area contributed by atoms with Crippen LogP contribution < -0.4 is 5.32 Å². The van der Waals surface area contributed by atoms with Crippen LogP contribution in [0.1, 0.15) is 62.6 Å². The maximum Gasteiger partial charge on any atom is 0.329 e. The number of rotatable bonds is 10. The number of hydrogen-bond acceptors (Lipinski definition) is 4. The van der Waals surface area contributed by atoms with E-state index in [1.54, 1.807) is 6.08 Å². The molecule has 0 bridgehead atoms. The minimum Gasteiger partial charge on any atom is -0.465 e. The third-order valence-electron chi connectivity index (χ3n) is 5.37. The molecule has 2 rings (SSSR count). The molecular weight excluding hydrogens is 368 g/mol. The van der Waals surface area contributed by atoms with Gasteiger partial charge in [-0.3, -0.25) is 14.5 Å². The molecule has 1 unspecified atom stereocenters. The van der Waals surface area contributed by atoms with Crippen LogP contribution in [0, 0.1) is 19.8 Å². The van der Waals surface area contributed by atoms with E-state index in [9.17, 15) is 14.4 Å². The number of esters is 1. The zero-order chi connectivity index (χ0) is 21.4. The van der Waals surface area contributed by atoms with Gasteiger partial charge in [0.1, 0.15) is 5.70 Å². The van der Waals surface area contributed by atoms with Crippen molar-refractivity contribution in [2.45, 2.75) is 59.8 Å². The molecule has 0 saturated carbocycles. The predicted octanol–water partition coefficient (Wildman–Crippen LogP) is 4.35. The molecule has 1 N–H and O–H groups in total. The Hall–Kier alpha value is -2.63. The van der Waals surface area contributed by atoms with Crippen molar-refractivity contribution in [3.05, 3.63) is 40.6 Å². The maximum atomic E-state index is 12.5. The van der Waals surface area contributed by atoms with Gasteiger partial charge in [-0.15, -0.1) is 0 Å². The molecule has 3 amide bonds. The van der Waals surface area contributed by atoms with E-state index in [-0.39, 0.29) is 24.6 Å². The Labute approximate surface area is 173 Å². The highest BCUT2D eigenvalue weighted by Crippen LogP contribution is 2.17. The van der Waals surface area contributed by atoms with Crippen LogP contribution in [0.4, 0.5) is 4.79 Å². The number of hydrogen-bond donors (Lipinski definition) is 1. The van der Waals surface area contributed by atoms with Crippen molar-refractivity contribution in [2.24, 2.45) is 5.92 Å². The molecule has 29 heavy (non-hydrogen) atoms. The van der Waals surface area contributed by atoms with Crippen molar-refractivity contribution in [3.63, 3.8) is 0 Å². The second kappa shape index (κ2) is 10.8. The molecule has 1 aliphatic rings. The number of urea groups is 1. The van der Waals surface area contributed by atoms with Gasteiger partial charge in [-0.1, -0.05) is 51.3 Å². The van der Waals surface area contributed by atoms with Crippen molar-refractivity contribution < 1.29 is 19.1 Å². The monoisotopic (exact) mass is 400 g/mol. The summed E-state index contributed by atoms with van der Waals surface area (Å²) in [5.41, 5.74) is 3.34. The van der Waals surface area contributed by atoms with Crippen LogP contribution >= 0.6 is 0 Å². The summed E-state index contributed by atoms with van der Waals surface area (Å²) < 4.78 is 5.35. The molecule has 1 aliphatic heterocycles. The molecule has 0 aliphatic carbocycles. The van der Waals surface area contributed by atoms with Crippen LogP contribution in [0.2, 0.25) is 0 Å². The third-order valence-corrected chi connectivity index (χ3v) is 5.37. The molecule has 6 heteroatoms. The first-order chi connectivity index (χ1) is 13.8. The topological polar surface area (TPSA) is 75.7 Å². The molecule has 0 aromatic heterocycles. The van der Waals surface area contributed by atoms with E-state index in [0.717, 1.165) is 47.3 Å². The van der Waals surface area contributed by atoms with Gasteiger partial charge in [-0.05, 0) is 49.0 Å². The van der Waals surface area contributed by atoms with Gasteiger partial charge < -0.3 is 10.1 Å². The average molecular weight is 401 g/mol. The Balaban J connectivity index is 1.89. The predicted molar refractivity (Wildman–Crippen MR) is 113 cm³/mol. The van der Waals surface area contributed by atoms with Gasteiger partial charge in [0.2, 0.25) is 0 Å². The number of aryl methyl sites for hydroxylation is 2. The van der Waals surface area contributed by atoms with Gasteiger partial charge in [0.15, 0.2) is 0 Å². The summed E-state index contributed by atoms with van der Waals surface area (Å²) in [6.45, 7) is 8.65. The second-order valence-electron chi connectivity index (χ2n) is 7.64. The first-order valence-electron chi connectivity index (χ1n) is 10.4. The summed E-state index contributed by atoms with van der Waals surface area (Å²) in [7, 11) is 0. The van der Waals surface area contributed by atoms with Crippen molar-refractivity contribution >= 4 is 24.0 Å². The van der Waals surface area contributed by atoms with Gasteiger partial charge in [0.05, 0.1) is 13.0 Å². The standard InChI is InChI=1S/C23H32N2O4/c1-5-7-8-18(6-2)15-29-21(26)11-12-25-22(27)20(24-23(25)28)14-19-10-9-16(3)17(4)13-19/h9-10,13-14,18H,5-8,11-12,15H2,1-4H3,(H,24,28). The normalized spacial score (nSPS) is 16.3. The van der Waals surface area contributed by atoms with Gasteiger partial charge in [0.25, 0.3) is 5.91 Å². The first-order valence-corrected chi connectivity index (χ1v) is 10.4. The van der Waals surface area contributed by atoms with Crippen LogP contribution in [-0.4, -0.2) is 36.0 Å². The lowest BCUT2D eigenvalue weighted by Gasteiger charge is -2.15. The summed E-state index contributed by atoms with van der Waals surface area (Å²) in [5, 5.41) is 2.59. The van der Waals surface area contributed by atoms with Gasteiger partial charge in [-0.25, -0.2) is 4.79 Å². The number of ether oxygens (including phenoxy) is 1. The molecular formula is C23H32N2O4. The molecule has 0 radical (unpaired) electrons. The smallest absolute Gasteiger partial charge is 0.329 e. The van der Waals surface area contributed by atoms with Gasteiger partial charge >= 0.3 is 12.0 Å². The highest BCUT2D eigenvalue weighted by molar-refractivity contribution is 6.14. The fraction of sp³-hybridized carbons (Fsp3) is 0.522. The number of imide groups is 1. The van der Waals surface area contributed by atoms with Crippen molar-refractivity contribution in [2.75, 3.05) is 13.2 Å². The fourth-order valence-electron chi connectivity index (χ4n) is 3.18. The number of carbonyl (C=O) groups excluding carboxylic acids is 3. The lowest BCUT2D eigenvalue weighted by Crippen LogP contribution is -2.33. The Morgan fingerprint density at radius 1 is 1.21 bits per heavy atom. The quantitative estimate of drug-likeness (QED) is 0.360. The number of carbonyl (C=O) groups is 3. The maximum absolute atomic E-state index is 12.5. The van der Waals surface area contributed by atoms with E-state index in [1.807, 2.05) is 32.0 Å². The highest BCUT2D eigenvalue weighted by atomic mass is 16.5.